The topological polar surface area (TPSA) is 174 Å². The number of benzene rings is 1. The van der Waals surface area contributed by atoms with E-state index in [0.29, 0.717) is 16.7 Å². The van der Waals surface area contributed by atoms with Crippen molar-refractivity contribution in [2.75, 3.05) is 6.61 Å². The molecular weight excluding hydrogens is 563 g/mol. The number of aromatic amines is 1. The van der Waals surface area contributed by atoms with Crippen molar-refractivity contribution in [3.63, 3.8) is 0 Å². The number of carbonyl (C=O) groups excluding carboxylic acids is 1. The van der Waals surface area contributed by atoms with E-state index in [0.717, 1.165) is 16.8 Å². The number of pyridine rings is 1. The number of carbonyl (C=O) groups is 1. The van der Waals surface area contributed by atoms with E-state index in [-0.39, 0.29) is 12.7 Å². The number of fused-ring (bicyclic) bond motifs is 1. The first-order valence-corrected chi connectivity index (χ1v) is 15.1. The number of H-pyrrole nitrogens is 1. The number of aliphatic hydroxyl groups is 2. The Balaban J connectivity index is 1.60. The van der Waals surface area contributed by atoms with Gasteiger partial charge in [-0.2, -0.15) is 0 Å². The molecule has 0 bridgehead atoms. The molecule has 1 fully saturated rings. The van der Waals surface area contributed by atoms with Crippen molar-refractivity contribution in [1.29, 1.82) is 0 Å². The second-order valence-electron chi connectivity index (χ2n) is 9.76. The van der Waals surface area contributed by atoms with E-state index < -0.39 is 53.9 Å². The van der Waals surface area contributed by atoms with E-state index in [2.05, 4.69) is 15.1 Å². The Morgan fingerprint density at radius 3 is 2.73 bits per heavy atom. The highest BCUT2D eigenvalue weighted by Crippen LogP contribution is 2.48. The quantitative estimate of drug-likeness (QED) is 0.196. The summed E-state index contributed by atoms with van der Waals surface area (Å²) in [5.74, 6) is -0.225. The van der Waals surface area contributed by atoms with Crippen LogP contribution in [0.25, 0.3) is 10.9 Å². The van der Waals surface area contributed by atoms with Gasteiger partial charge in [-0.1, -0.05) is 6.07 Å². The van der Waals surface area contributed by atoms with Crippen molar-refractivity contribution in [1.82, 2.24) is 19.6 Å². The van der Waals surface area contributed by atoms with E-state index in [1.807, 2.05) is 0 Å². The van der Waals surface area contributed by atoms with Gasteiger partial charge >= 0.3 is 18.3 Å². The van der Waals surface area contributed by atoms with Crippen LogP contribution in [-0.4, -0.2) is 67.3 Å². The number of esters is 1. The fourth-order valence-corrected chi connectivity index (χ4v) is 6.58. The minimum absolute atomic E-state index is 0.350. The maximum Gasteiger partial charge on any atom is 0.330 e. The van der Waals surface area contributed by atoms with Crippen LogP contribution in [-0.2, 0) is 30.6 Å². The lowest BCUT2D eigenvalue weighted by Crippen LogP contribution is -2.47. The average Bonchev–Trinajstić information content (AvgIpc) is 3.11. The summed E-state index contributed by atoms with van der Waals surface area (Å²) in [4.78, 5) is 42.8. The standard InChI is InChI=1S/C25H31N4O9PS/c1-14(2)36-22(32)15(3)28-39(40,38-18-9-5-8-17-16(18)7-6-11-26-17)35-13-19-21(31)25(4,34)23(37-19)29-12-10-20(30)27-24(29)33/h5-12,14-15,19,21,23,31,34H,13H2,1-4H3,(H,28,40)(H,27,30,33)/t15?,19-,21-,23-,25-,39?/m1/s1. The van der Waals surface area contributed by atoms with E-state index >= 15 is 0 Å². The SMILES string of the molecule is CC(C)OC(=O)C(C)NP(=S)(OC[C@H]1O[C@@H](n2ccc(=O)[nH]c2=O)[C@](C)(O)[C@@H]1O)Oc1cccc2ncccc12. The van der Waals surface area contributed by atoms with Gasteiger partial charge in [-0.15, -0.1) is 0 Å². The number of aliphatic hydroxyl groups excluding tert-OH is 1. The molecule has 216 valence electrons. The third-order valence-corrected chi connectivity index (χ3v) is 8.63. The summed E-state index contributed by atoms with van der Waals surface area (Å²) in [6.45, 7) is 2.32. The lowest BCUT2D eigenvalue weighted by molar-refractivity contribution is -0.149. The van der Waals surface area contributed by atoms with Crippen LogP contribution in [0.1, 0.15) is 33.9 Å². The zero-order valence-electron chi connectivity index (χ0n) is 22.2. The van der Waals surface area contributed by atoms with E-state index in [1.54, 1.807) is 57.3 Å². The maximum atomic E-state index is 12.6. The molecule has 13 nitrogen and oxygen atoms in total. The van der Waals surface area contributed by atoms with Gasteiger partial charge in [-0.05, 0) is 63.8 Å². The van der Waals surface area contributed by atoms with Crippen LogP contribution in [0, 0.1) is 0 Å². The Bertz CT molecular complexity index is 1540. The Labute approximate surface area is 234 Å². The highest BCUT2D eigenvalue weighted by molar-refractivity contribution is 8.09. The number of nitrogens with zero attached hydrogens (tertiary/aromatic N) is 2. The lowest BCUT2D eigenvalue weighted by atomic mass is 9.96. The van der Waals surface area contributed by atoms with Gasteiger partial charge in [0.05, 0.1) is 18.2 Å². The molecule has 3 aromatic rings. The summed E-state index contributed by atoms with van der Waals surface area (Å²) in [6, 6.07) is 8.90. The van der Waals surface area contributed by atoms with Crippen molar-refractivity contribution in [3.8, 4) is 5.75 Å². The van der Waals surface area contributed by atoms with Crippen LogP contribution in [0.4, 0.5) is 0 Å². The first kappa shape index (κ1) is 30.0. The van der Waals surface area contributed by atoms with Gasteiger partial charge in [0.1, 0.15) is 29.6 Å². The highest BCUT2D eigenvalue weighted by atomic mass is 32.5. The summed E-state index contributed by atoms with van der Waals surface area (Å²) < 4.78 is 24.3. The molecule has 0 spiro atoms. The molecule has 0 radical (unpaired) electrons. The van der Waals surface area contributed by atoms with Gasteiger partial charge in [0.25, 0.3) is 5.56 Å². The molecule has 2 unspecified atom stereocenters. The Morgan fingerprint density at radius 1 is 1.27 bits per heavy atom. The van der Waals surface area contributed by atoms with Crippen LogP contribution >= 0.6 is 6.64 Å². The summed E-state index contributed by atoms with van der Waals surface area (Å²) in [5, 5.41) is 25.5. The maximum absolute atomic E-state index is 12.6. The molecule has 0 amide bonds. The van der Waals surface area contributed by atoms with Crippen LogP contribution in [0.5, 0.6) is 5.75 Å². The summed E-state index contributed by atoms with van der Waals surface area (Å²) in [6.07, 6.45) is -1.62. The minimum Gasteiger partial charge on any atom is -0.462 e. The second-order valence-corrected chi connectivity index (χ2v) is 12.9. The fourth-order valence-electron chi connectivity index (χ4n) is 4.16. The van der Waals surface area contributed by atoms with Crippen molar-refractivity contribution >= 4 is 35.3 Å². The molecule has 15 heteroatoms. The second kappa shape index (κ2) is 11.9. The molecule has 1 aliphatic rings. The highest BCUT2D eigenvalue weighted by Gasteiger charge is 2.54. The lowest BCUT2D eigenvalue weighted by Gasteiger charge is -2.29. The Hall–Kier alpha value is -2.97. The van der Waals surface area contributed by atoms with Crippen LogP contribution in [0.15, 0.2) is 58.4 Å². The van der Waals surface area contributed by atoms with Gasteiger partial charge < -0.3 is 28.7 Å². The van der Waals surface area contributed by atoms with E-state index in [9.17, 15) is 24.6 Å². The van der Waals surface area contributed by atoms with Gasteiger partial charge in [-0.3, -0.25) is 24.1 Å². The first-order chi connectivity index (χ1) is 18.8. The third kappa shape index (κ3) is 6.50. The zero-order chi connectivity index (χ0) is 29.2. The third-order valence-electron chi connectivity index (χ3n) is 6.15. The zero-order valence-corrected chi connectivity index (χ0v) is 23.9. The largest absolute Gasteiger partial charge is 0.462 e. The first-order valence-electron chi connectivity index (χ1n) is 12.4. The molecule has 1 aromatic carbocycles. The van der Waals surface area contributed by atoms with Crippen LogP contribution in [0.2, 0.25) is 0 Å². The number of aromatic nitrogens is 3. The van der Waals surface area contributed by atoms with Crippen molar-refractivity contribution < 1.29 is 33.5 Å². The molecular formula is C25H31N4O9PS. The van der Waals surface area contributed by atoms with Crippen molar-refractivity contribution in [2.45, 2.75) is 63.9 Å². The number of nitrogens with one attached hydrogen (secondary N) is 2. The van der Waals surface area contributed by atoms with Gasteiger partial charge in [-0.25, -0.2) is 9.88 Å². The molecule has 1 aliphatic heterocycles. The van der Waals surface area contributed by atoms with Gasteiger partial charge in [0.15, 0.2) is 6.23 Å². The minimum atomic E-state index is -3.56. The van der Waals surface area contributed by atoms with Gasteiger partial charge in [0.2, 0.25) is 0 Å². The number of hydrogen-bond donors (Lipinski definition) is 4. The van der Waals surface area contributed by atoms with Crippen molar-refractivity contribution in [3.05, 3.63) is 69.6 Å². The smallest absolute Gasteiger partial charge is 0.330 e. The number of ether oxygens (including phenoxy) is 2. The molecule has 1 saturated heterocycles. The average molecular weight is 595 g/mol. The molecule has 0 saturated carbocycles. The van der Waals surface area contributed by atoms with E-state index in [4.69, 9.17) is 30.3 Å². The Morgan fingerprint density at radius 2 is 2.02 bits per heavy atom. The van der Waals surface area contributed by atoms with Crippen LogP contribution < -0.4 is 20.9 Å². The Kier molecular flexibility index (Phi) is 8.90. The summed E-state index contributed by atoms with van der Waals surface area (Å²) in [7, 11) is 0. The predicted molar refractivity (Wildman–Crippen MR) is 148 cm³/mol. The normalized spacial score (nSPS) is 25.0. The molecule has 3 heterocycles. The monoisotopic (exact) mass is 594 g/mol. The molecule has 0 aliphatic carbocycles. The molecule has 6 atom stereocenters. The molecule has 4 rings (SSSR count). The van der Waals surface area contributed by atoms with Crippen LogP contribution in [0.3, 0.4) is 0 Å². The molecule has 2 aromatic heterocycles. The van der Waals surface area contributed by atoms with Gasteiger partial charge in [0, 0.05) is 23.8 Å². The summed E-state index contributed by atoms with van der Waals surface area (Å²) >= 11 is 5.78. The van der Waals surface area contributed by atoms with Crippen molar-refractivity contribution in [2.24, 2.45) is 0 Å². The number of rotatable bonds is 10. The summed E-state index contributed by atoms with van der Waals surface area (Å²) in [5.41, 5.74) is -2.75. The van der Waals surface area contributed by atoms with E-state index in [1.165, 1.54) is 6.92 Å². The fraction of sp³-hybridized carbons (Fsp3) is 0.440. The number of hydrogen-bond acceptors (Lipinski definition) is 11. The predicted octanol–water partition coefficient (Wildman–Crippen LogP) is 1.34. The molecule has 4 N–H and O–H groups in total. The molecule has 40 heavy (non-hydrogen) atoms.